The smallest absolute Gasteiger partial charge is 0.226 e. The number of aromatic nitrogens is 9. The number of nitrogens with zero attached hydrogens (tertiary/aromatic N) is 8. The minimum atomic E-state index is -0.796. The summed E-state index contributed by atoms with van der Waals surface area (Å²) in [6.07, 6.45) is 5.98. The molecule has 44 heavy (non-hydrogen) atoms. The number of hydrogen-bond donors (Lipinski definition) is 4. The van der Waals surface area contributed by atoms with E-state index in [1.54, 1.807) is 17.2 Å². The second-order valence-corrected chi connectivity index (χ2v) is 10.9. The van der Waals surface area contributed by atoms with Crippen LogP contribution in [0, 0.1) is 0 Å². The van der Waals surface area contributed by atoms with E-state index in [0.29, 0.717) is 54.7 Å². The second-order valence-electron chi connectivity index (χ2n) is 10.9. The van der Waals surface area contributed by atoms with Crippen molar-refractivity contribution in [2.24, 2.45) is 7.05 Å². The Balaban J connectivity index is 1.20. The zero-order valence-electron chi connectivity index (χ0n) is 24.2. The maximum Gasteiger partial charge on any atom is 0.226 e. The zero-order valence-corrected chi connectivity index (χ0v) is 24.2. The average molecular weight is 592 g/mol. The van der Waals surface area contributed by atoms with Gasteiger partial charge in [0.2, 0.25) is 5.95 Å². The van der Waals surface area contributed by atoms with Gasteiger partial charge in [-0.2, -0.15) is 15.1 Å². The molecule has 1 unspecified atom stereocenters. The summed E-state index contributed by atoms with van der Waals surface area (Å²) in [5, 5.41) is 24.7. The van der Waals surface area contributed by atoms with Gasteiger partial charge in [0.25, 0.3) is 0 Å². The summed E-state index contributed by atoms with van der Waals surface area (Å²) in [5.41, 5.74) is 4.48. The molecule has 1 aliphatic heterocycles. The Bertz CT molecular complexity index is 1770. The van der Waals surface area contributed by atoms with E-state index >= 15 is 0 Å². The predicted octanol–water partition coefficient (Wildman–Crippen LogP) is 3.60. The van der Waals surface area contributed by atoms with Gasteiger partial charge < -0.3 is 25.0 Å². The number of nitrogens with one attached hydrogen (secondary N) is 3. The summed E-state index contributed by atoms with van der Waals surface area (Å²) in [7, 11) is 1.95. The van der Waals surface area contributed by atoms with Crippen LogP contribution in [0.4, 0.5) is 11.8 Å². The lowest BCUT2D eigenvalue weighted by Crippen LogP contribution is -2.20. The van der Waals surface area contributed by atoms with Crippen molar-refractivity contribution in [2.75, 3.05) is 23.7 Å². The van der Waals surface area contributed by atoms with Gasteiger partial charge in [-0.25, -0.2) is 15.0 Å². The number of rotatable bonds is 11. The molecule has 2 aromatic carbocycles. The van der Waals surface area contributed by atoms with Crippen molar-refractivity contribution in [2.45, 2.75) is 37.2 Å². The van der Waals surface area contributed by atoms with Crippen LogP contribution in [0.1, 0.15) is 47.3 Å². The summed E-state index contributed by atoms with van der Waals surface area (Å²) in [4.78, 5) is 23.0. The minimum Gasteiger partial charge on any atom is -0.388 e. The van der Waals surface area contributed by atoms with Crippen molar-refractivity contribution in [1.82, 2.24) is 44.3 Å². The van der Waals surface area contributed by atoms with Gasteiger partial charge in [0, 0.05) is 45.1 Å². The van der Waals surface area contributed by atoms with E-state index in [0.717, 1.165) is 5.69 Å². The molecule has 224 valence electrons. The first-order chi connectivity index (χ1) is 21.6. The van der Waals surface area contributed by atoms with Gasteiger partial charge in [0.1, 0.15) is 18.5 Å². The number of ether oxygens (including phenoxy) is 1. The number of aromatic amines is 1. The Morgan fingerprint density at radius 2 is 1.75 bits per heavy atom. The molecular weight excluding hydrogens is 558 g/mol. The van der Waals surface area contributed by atoms with E-state index in [1.807, 2.05) is 29.9 Å². The normalized spacial score (nSPS) is 18.3. The molecule has 6 aromatic rings. The lowest BCUT2D eigenvalue weighted by atomic mass is 9.91. The summed E-state index contributed by atoms with van der Waals surface area (Å²) < 4.78 is 9.92. The number of aliphatic hydroxyl groups is 1. The van der Waals surface area contributed by atoms with Crippen LogP contribution < -0.4 is 10.6 Å². The molecule has 3 atom stereocenters. The van der Waals surface area contributed by atoms with Crippen LogP contribution >= 0.6 is 0 Å². The second kappa shape index (κ2) is 12.2. The molecule has 1 aliphatic rings. The van der Waals surface area contributed by atoms with Crippen molar-refractivity contribution in [3.8, 4) is 0 Å². The molecule has 0 bridgehead atoms. The molecular formula is C31H33N11O2. The van der Waals surface area contributed by atoms with Gasteiger partial charge in [-0.05, 0) is 11.1 Å². The molecule has 0 radical (unpaired) electrons. The van der Waals surface area contributed by atoms with E-state index in [-0.39, 0.29) is 5.92 Å². The Morgan fingerprint density at radius 1 is 0.977 bits per heavy atom. The molecule has 13 heteroatoms. The van der Waals surface area contributed by atoms with Crippen LogP contribution in [0.15, 0.2) is 85.8 Å². The number of anilines is 2. The van der Waals surface area contributed by atoms with E-state index in [9.17, 15) is 5.11 Å². The molecule has 5 heterocycles. The third-order valence-electron chi connectivity index (χ3n) is 7.82. The lowest BCUT2D eigenvalue weighted by Gasteiger charge is -2.20. The highest BCUT2D eigenvalue weighted by Crippen LogP contribution is 2.38. The quantitative estimate of drug-likeness (QED) is 0.176. The fourth-order valence-corrected chi connectivity index (χ4v) is 5.65. The van der Waals surface area contributed by atoms with Crippen LogP contribution in [-0.4, -0.2) is 68.6 Å². The fraction of sp³-hybridized carbons (Fsp3) is 0.290. The SMILES string of the molecule is Cn1cnc(CCNc2nc(NCC(c3ccccc3)c3ccccc3)c3ncn(C4O[C@H](c5ncn[nH]5)C[C@@H]4O)c3n2)c1. The summed E-state index contributed by atoms with van der Waals surface area (Å²) in [6, 6.07) is 20.8. The zero-order chi connectivity index (χ0) is 29.9. The number of aryl methyl sites for hydroxylation is 1. The highest BCUT2D eigenvalue weighted by Gasteiger charge is 2.38. The maximum atomic E-state index is 11.0. The molecule has 4 N–H and O–H groups in total. The van der Waals surface area contributed by atoms with Crippen LogP contribution in [-0.2, 0) is 18.2 Å². The Morgan fingerprint density at radius 3 is 2.43 bits per heavy atom. The topological polar surface area (TPSA) is 157 Å². The first-order valence-electron chi connectivity index (χ1n) is 14.6. The Hall–Kier alpha value is -5.14. The molecule has 7 rings (SSSR count). The molecule has 1 fully saturated rings. The van der Waals surface area contributed by atoms with Gasteiger partial charge in [0.05, 0.1) is 18.3 Å². The van der Waals surface area contributed by atoms with Crippen molar-refractivity contribution < 1.29 is 9.84 Å². The maximum absolute atomic E-state index is 11.0. The molecule has 4 aromatic heterocycles. The van der Waals surface area contributed by atoms with Crippen molar-refractivity contribution >= 4 is 22.9 Å². The Kier molecular flexibility index (Phi) is 7.69. The van der Waals surface area contributed by atoms with Gasteiger partial charge in [-0.3, -0.25) is 9.67 Å². The first kappa shape index (κ1) is 27.7. The molecule has 0 amide bonds. The largest absolute Gasteiger partial charge is 0.388 e. The third kappa shape index (κ3) is 5.74. The monoisotopic (exact) mass is 591 g/mol. The number of benzene rings is 2. The van der Waals surface area contributed by atoms with Crippen LogP contribution in [0.5, 0.6) is 0 Å². The third-order valence-corrected chi connectivity index (χ3v) is 7.82. The van der Waals surface area contributed by atoms with Crippen LogP contribution in [0.3, 0.4) is 0 Å². The molecule has 13 nitrogen and oxygen atoms in total. The van der Waals surface area contributed by atoms with Gasteiger partial charge in [-0.1, -0.05) is 60.7 Å². The summed E-state index contributed by atoms with van der Waals surface area (Å²) in [5.74, 6) is 1.67. The highest BCUT2D eigenvalue weighted by molar-refractivity contribution is 5.84. The van der Waals surface area contributed by atoms with Crippen LogP contribution in [0.2, 0.25) is 0 Å². The number of H-pyrrole nitrogens is 1. The number of imidazole rings is 2. The van der Waals surface area contributed by atoms with Crippen LogP contribution in [0.25, 0.3) is 11.2 Å². The van der Waals surface area contributed by atoms with E-state index in [2.05, 4.69) is 84.3 Å². The van der Waals surface area contributed by atoms with E-state index < -0.39 is 18.4 Å². The summed E-state index contributed by atoms with van der Waals surface area (Å²) >= 11 is 0. The predicted molar refractivity (Wildman–Crippen MR) is 164 cm³/mol. The molecule has 1 saturated heterocycles. The van der Waals surface area contributed by atoms with Gasteiger partial charge in [-0.15, -0.1) is 0 Å². The molecule has 0 saturated carbocycles. The van der Waals surface area contributed by atoms with Gasteiger partial charge >= 0.3 is 0 Å². The first-order valence-corrected chi connectivity index (χ1v) is 14.6. The standard InChI is InChI=1S/C31H33N11O2/c1-41-16-22(35-18-41)12-13-32-31-38-28(33-15-23(20-8-4-2-5-9-20)21-10-6-3-7-11-21)26-29(39-31)42(19-36-26)30-24(43)14-25(44-30)27-34-17-37-40-27/h2-11,16-19,23-25,30,43H,12-15H2,1H3,(H,34,37,40)(H2,32,33,38,39)/t24-,25-,30?/m0/s1. The molecule has 0 spiro atoms. The number of fused-ring (bicyclic) bond motifs is 1. The summed E-state index contributed by atoms with van der Waals surface area (Å²) in [6.45, 7) is 1.17. The number of aliphatic hydroxyl groups excluding tert-OH is 1. The molecule has 0 aliphatic carbocycles. The average Bonchev–Trinajstić information content (AvgIpc) is 3.86. The van der Waals surface area contributed by atoms with Gasteiger partial charge in [0.15, 0.2) is 29.0 Å². The fourth-order valence-electron chi connectivity index (χ4n) is 5.65. The van der Waals surface area contributed by atoms with Crippen molar-refractivity contribution in [3.63, 3.8) is 0 Å². The van der Waals surface area contributed by atoms with Crippen molar-refractivity contribution in [3.05, 3.63) is 108 Å². The lowest BCUT2D eigenvalue weighted by molar-refractivity contribution is -0.0379. The van der Waals surface area contributed by atoms with Crippen molar-refractivity contribution in [1.29, 1.82) is 0 Å². The number of hydrogen-bond acceptors (Lipinski definition) is 10. The van der Waals surface area contributed by atoms with E-state index in [1.165, 1.54) is 17.5 Å². The van der Waals surface area contributed by atoms with E-state index in [4.69, 9.17) is 14.7 Å². The Labute approximate surface area is 253 Å². The highest BCUT2D eigenvalue weighted by atomic mass is 16.5. The minimum absolute atomic E-state index is 0.0766.